The number of rotatable bonds is 7. The summed E-state index contributed by atoms with van der Waals surface area (Å²) in [5.74, 6) is -0.919. The minimum absolute atomic E-state index is 0.0756. The van der Waals surface area contributed by atoms with Crippen molar-refractivity contribution in [1.29, 1.82) is 0 Å². The topological polar surface area (TPSA) is 78.9 Å². The molecular formula is C20H22N2O4. The summed E-state index contributed by atoms with van der Waals surface area (Å²) in [5, 5.41) is 12.4. The van der Waals surface area contributed by atoms with E-state index in [1.165, 1.54) is 0 Å². The normalized spacial score (nSPS) is 14.8. The van der Waals surface area contributed by atoms with Crippen molar-refractivity contribution in [3.05, 3.63) is 59.7 Å². The molecule has 0 saturated carbocycles. The van der Waals surface area contributed by atoms with Crippen LogP contribution in [0.4, 0.5) is 11.4 Å². The molecule has 6 nitrogen and oxygen atoms in total. The average Bonchev–Trinajstić information content (AvgIpc) is 2.67. The van der Waals surface area contributed by atoms with Crippen molar-refractivity contribution in [3.8, 4) is 0 Å². The highest BCUT2D eigenvalue weighted by molar-refractivity contribution is 5.98. The highest BCUT2D eigenvalue weighted by Gasteiger charge is 2.14. The molecule has 136 valence electrons. The first-order chi connectivity index (χ1) is 12.6. The van der Waals surface area contributed by atoms with E-state index in [0.29, 0.717) is 23.4 Å². The van der Waals surface area contributed by atoms with Crippen LogP contribution in [0.1, 0.15) is 27.1 Å². The lowest BCUT2D eigenvalue weighted by atomic mass is 10.1. The van der Waals surface area contributed by atoms with Crippen molar-refractivity contribution in [2.75, 3.05) is 38.2 Å². The second kappa shape index (κ2) is 8.60. The third-order valence-corrected chi connectivity index (χ3v) is 4.38. The Morgan fingerprint density at radius 1 is 1.08 bits per heavy atom. The van der Waals surface area contributed by atoms with Crippen LogP contribution in [0.5, 0.6) is 0 Å². The van der Waals surface area contributed by atoms with Crippen LogP contribution in [0.25, 0.3) is 0 Å². The number of carboxylic acid groups (broad SMARTS) is 1. The zero-order valence-corrected chi connectivity index (χ0v) is 14.5. The molecular weight excluding hydrogens is 332 g/mol. The van der Waals surface area contributed by atoms with Gasteiger partial charge in [0.25, 0.3) is 0 Å². The molecule has 0 unspecified atom stereocenters. The largest absolute Gasteiger partial charge is 0.478 e. The number of ether oxygens (including phenoxy) is 1. The third kappa shape index (κ3) is 4.68. The van der Waals surface area contributed by atoms with Gasteiger partial charge in [-0.3, -0.25) is 9.69 Å². The fourth-order valence-electron chi connectivity index (χ4n) is 2.93. The van der Waals surface area contributed by atoms with Crippen molar-refractivity contribution in [3.63, 3.8) is 0 Å². The van der Waals surface area contributed by atoms with Crippen LogP contribution in [0.3, 0.4) is 0 Å². The van der Waals surface area contributed by atoms with Gasteiger partial charge in [-0.1, -0.05) is 24.3 Å². The number of aromatic carboxylic acids is 1. The summed E-state index contributed by atoms with van der Waals surface area (Å²) in [6, 6.07) is 13.9. The van der Waals surface area contributed by atoms with Gasteiger partial charge in [-0.15, -0.1) is 0 Å². The summed E-state index contributed by atoms with van der Waals surface area (Å²) in [4.78, 5) is 26.0. The second-order valence-corrected chi connectivity index (χ2v) is 6.18. The van der Waals surface area contributed by atoms with E-state index in [0.717, 1.165) is 32.8 Å². The van der Waals surface area contributed by atoms with Crippen LogP contribution in [-0.4, -0.2) is 54.6 Å². The number of carbonyl (C=O) groups excluding carboxylic acids is 1. The monoisotopic (exact) mass is 354 g/mol. The van der Waals surface area contributed by atoms with Crippen molar-refractivity contribution in [1.82, 2.24) is 4.90 Å². The van der Waals surface area contributed by atoms with E-state index in [9.17, 15) is 14.7 Å². The van der Waals surface area contributed by atoms with E-state index in [4.69, 9.17) is 4.74 Å². The number of nitrogens with one attached hydrogen (secondary N) is 1. The van der Waals surface area contributed by atoms with Crippen LogP contribution in [0.15, 0.2) is 48.5 Å². The van der Waals surface area contributed by atoms with E-state index in [-0.39, 0.29) is 11.3 Å². The number of carboxylic acids is 1. The lowest BCUT2D eigenvalue weighted by molar-refractivity contribution is 0.0370. The molecule has 1 saturated heterocycles. The molecule has 0 bridgehead atoms. The van der Waals surface area contributed by atoms with Crippen LogP contribution >= 0.6 is 0 Å². The first-order valence-corrected chi connectivity index (χ1v) is 8.66. The Bertz CT molecular complexity index is 785. The van der Waals surface area contributed by atoms with Gasteiger partial charge < -0.3 is 15.2 Å². The van der Waals surface area contributed by atoms with E-state index in [2.05, 4.69) is 10.2 Å². The van der Waals surface area contributed by atoms with Crippen LogP contribution in [-0.2, 0) is 4.74 Å². The Hall–Kier alpha value is -2.70. The Balaban J connectivity index is 1.66. The molecule has 1 heterocycles. The van der Waals surface area contributed by atoms with Crippen LogP contribution in [0, 0.1) is 0 Å². The maximum atomic E-state index is 12.5. The maximum absolute atomic E-state index is 12.5. The summed E-state index contributed by atoms with van der Waals surface area (Å²) >= 11 is 0. The van der Waals surface area contributed by atoms with Gasteiger partial charge in [0.1, 0.15) is 0 Å². The number of hydrogen-bond donors (Lipinski definition) is 2. The molecule has 1 aliphatic rings. The fourth-order valence-corrected chi connectivity index (χ4v) is 2.93. The SMILES string of the molecule is O=C(CCN1CCOCC1)c1cccc(Nc2ccccc2C(=O)O)c1. The molecule has 1 aliphatic heterocycles. The number of benzene rings is 2. The molecule has 0 radical (unpaired) electrons. The molecule has 2 aromatic rings. The summed E-state index contributed by atoms with van der Waals surface area (Å²) in [7, 11) is 0. The van der Waals surface area contributed by atoms with Gasteiger partial charge in [0.15, 0.2) is 5.78 Å². The number of hydrogen-bond acceptors (Lipinski definition) is 5. The predicted molar refractivity (Wildman–Crippen MR) is 99.3 cm³/mol. The molecule has 0 atom stereocenters. The van der Waals surface area contributed by atoms with Crippen molar-refractivity contribution in [2.24, 2.45) is 0 Å². The number of anilines is 2. The lowest BCUT2D eigenvalue weighted by Crippen LogP contribution is -2.37. The minimum atomic E-state index is -0.995. The molecule has 2 N–H and O–H groups in total. The van der Waals surface area contributed by atoms with Crippen LogP contribution in [0.2, 0.25) is 0 Å². The maximum Gasteiger partial charge on any atom is 0.337 e. The molecule has 0 aliphatic carbocycles. The quantitative estimate of drug-likeness (QED) is 0.744. The van der Waals surface area contributed by atoms with E-state index >= 15 is 0 Å². The predicted octanol–water partition coefficient (Wildman–Crippen LogP) is 3.03. The van der Waals surface area contributed by atoms with Crippen molar-refractivity contribution < 1.29 is 19.4 Å². The Kier molecular flexibility index (Phi) is 5.99. The zero-order chi connectivity index (χ0) is 18.4. The number of morpholine rings is 1. The Morgan fingerprint density at radius 3 is 2.62 bits per heavy atom. The van der Waals surface area contributed by atoms with E-state index in [1.807, 2.05) is 6.07 Å². The number of Topliss-reactive ketones (excluding diaryl/α,β-unsaturated/α-hetero) is 1. The summed E-state index contributed by atoms with van der Waals surface area (Å²) < 4.78 is 5.31. The van der Waals surface area contributed by atoms with Crippen molar-refractivity contribution >= 4 is 23.1 Å². The smallest absolute Gasteiger partial charge is 0.337 e. The molecule has 1 fully saturated rings. The van der Waals surface area contributed by atoms with Gasteiger partial charge in [-0.25, -0.2) is 4.79 Å². The zero-order valence-electron chi connectivity index (χ0n) is 14.5. The summed E-state index contributed by atoms with van der Waals surface area (Å²) in [5.41, 5.74) is 2.00. The van der Waals surface area contributed by atoms with Gasteiger partial charge in [-0.2, -0.15) is 0 Å². The molecule has 3 rings (SSSR count). The van der Waals surface area contributed by atoms with Gasteiger partial charge in [0.05, 0.1) is 24.5 Å². The van der Waals surface area contributed by atoms with E-state index < -0.39 is 5.97 Å². The number of ketones is 1. The first-order valence-electron chi connectivity index (χ1n) is 8.66. The fraction of sp³-hybridized carbons (Fsp3) is 0.300. The summed E-state index contributed by atoms with van der Waals surface area (Å²) in [6.07, 6.45) is 0.454. The summed E-state index contributed by atoms with van der Waals surface area (Å²) in [6.45, 7) is 3.89. The van der Waals surface area contributed by atoms with Gasteiger partial charge in [0, 0.05) is 37.3 Å². The second-order valence-electron chi connectivity index (χ2n) is 6.18. The van der Waals surface area contributed by atoms with Crippen LogP contribution < -0.4 is 5.32 Å². The average molecular weight is 354 g/mol. The molecule has 6 heteroatoms. The lowest BCUT2D eigenvalue weighted by Gasteiger charge is -2.26. The Morgan fingerprint density at radius 2 is 1.85 bits per heavy atom. The third-order valence-electron chi connectivity index (χ3n) is 4.38. The van der Waals surface area contributed by atoms with Gasteiger partial charge in [-0.05, 0) is 24.3 Å². The Labute approximate surface area is 152 Å². The minimum Gasteiger partial charge on any atom is -0.478 e. The van der Waals surface area contributed by atoms with Crippen molar-refractivity contribution in [2.45, 2.75) is 6.42 Å². The molecule has 26 heavy (non-hydrogen) atoms. The van der Waals surface area contributed by atoms with E-state index in [1.54, 1.807) is 42.5 Å². The number of carbonyl (C=O) groups is 2. The number of para-hydroxylation sites is 1. The highest BCUT2D eigenvalue weighted by Crippen LogP contribution is 2.22. The first kappa shape index (κ1) is 18.1. The molecule has 0 aromatic heterocycles. The number of nitrogens with zero attached hydrogens (tertiary/aromatic N) is 1. The molecule has 2 aromatic carbocycles. The molecule has 0 amide bonds. The molecule has 0 spiro atoms. The van der Waals surface area contributed by atoms with Gasteiger partial charge >= 0.3 is 5.97 Å². The standard InChI is InChI=1S/C20H22N2O4/c23-19(8-9-22-10-12-26-13-11-22)15-4-3-5-16(14-15)21-18-7-2-1-6-17(18)20(24)25/h1-7,14,21H,8-13H2,(H,24,25). The van der Waals surface area contributed by atoms with Gasteiger partial charge in [0.2, 0.25) is 0 Å². The highest BCUT2D eigenvalue weighted by atomic mass is 16.5.